The molecule has 0 bridgehead atoms. The summed E-state index contributed by atoms with van der Waals surface area (Å²) in [4.78, 5) is 14.3. The molecule has 0 aromatic rings. The van der Waals surface area contributed by atoms with E-state index in [0.717, 1.165) is 38.8 Å². The fraction of sp³-hybridized carbons (Fsp3) is 0.625. The number of ether oxygens (including phenoxy) is 1. The first-order valence-corrected chi connectivity index (χ1v) is 10.8. The second kappa shape index (κ2) is 15.6. The van der Waals surface area contributed by atoms with Crippen LogP contribution in [-0.2, 0) is 9.53 Å². The zero-order valence-corrected chi connectivity index (χ0v) is 19.9. The van der Waals surface area contributed by atoms with Crippen molar-refractivity contribution in [2.45, 2.75) is 73.3 Å². The number of hydrogen-bond donors (Lipinski definition) is 1. The summed E-state index contributed by atoms with van der Waals surface area (Å²) in [6.07, 6.45) is 13.2. The lowest BCUT2D eigenvalue weighted by molar-refractivity contribution is -0.145. The van der Waals surface area contributed by atoms with Gasteiger partial charge in [-0.3, -0.25) is 9.69 Å². The van der Waals surface area contributed by atoms with Crippen LogP contribution in [0.3, 0.4) is 0 Å². The van der Waals surface area contributed by atoms with Crippen molar-refractivity contribution in [3.05, 3.63) is 46.6 Å². The van der Waals surface area contributed by atoms with E-state index in [-0.39, 0.29) is 12.0 Å². The quantitative estimate of drug-likeness (QED) is 0.226. The third-order valence-electron chi connectivity index (χ3n) is 4.62. The molecule has 0 aromatic heterocycles. The summed E-state index contributed by atoms with van der Waals surface area (Å²) in [6, 6.07) is -0.336. The molecule has 0 amide bonds. The Balaban J connectivity index is 5.07. The summed E-state index contributed by atoms with van der Waals surface area (Å²) in [5, 5.41) is 0. The molecule has 160 valence electrons. The molecule has 0 fully saturated rings. The molecule has 0 N–H and O–H groups in total. The number of allylic oxidation sites excluding steroid dienone is 6. The normalized spacial score (nSPS) is 13.3. The van der Waals surface area contributed by atoms with Gasteiger partial charge in [-0.1, -0.05) is 46.6 Å². The van der Waals surface area contributed by atoms with Crippen molar-refractivity contribution in [1.82, 2.24) is 4.90 Å². The van der Waals surface area contributed by atoms with Crippen molar-refractivity contribution < 1.29 is 9.53 Å². The number of esters is 1. The summed E-state index contributed by atoms with van der Waals surface area (Å²) < 4.78 is 4.99. The summed E-state index contributed by atoms with van der Waals surface area (Å²) in [5.41, 5.74) is 5.39. The summed E-state index contributed by atoms with van der Waals surface area (Å²) in [5.74, 6) is 0.225. The van der Waals surface area contributed by atoms with E-state index >= 15 is 0 Å². The fourth-order valence-electron chi connectivity index (χ4n) is 2.73. The monoisotopic (exact) mass is 407 g/mol. The lowest BCUT2D eigenvalue weighted by Crippen LogP contribution is -2.43. The number of thiol groups is 1. The highest BCUT2D eigenvalue weighted by Gasteiger charge is 2.24. The van der Waals surface area contributed by atoms with Gasteiger partial charge in [0.05, 0.1) is 7.11 Å². The van der Waals surface area contributed by atoms with Crippen molar-refractivity contribution in [2.24, 2.45) is 0 Å². The predicted molar refractivity (Wildman–Crippen MR) is 126 cm³/mol. The Labute approximate surface area is 179 Å². The van der Waals surface area contributed by atoms with Gasteiger partial charge in [-0.2, -0.15) is 12.6 Å². The molecule has 0 spiro atoms. The third kappa shape index (κ3) is 13.0. The highest BCUT2D eigenvalue weighted by atomic mass is 32.1. The van der Waals surface area contributed by atoms with Gasteiger partial charge in [-0.25, -0.2) is 0 Å². The van der Waals surface area contributed by atoms with Gasteiger partial charge in [-0.15, -0.1) is 0 Å². The van der Waals surface area contributed by atoms with Gasteiger partial charge in [-0.05, 0) is 67.2 Å². The minimum atomic E-state index is -0.336. The number of methoxy groups -OCH3 is 1. The zero-order valence-electron chi connectivity index (χ0n) is 19.0. The van der Waals surface area contributed by atoms with Crippen LogP contribution in [0.5, 0.6) is 0 Å². The molecule has 1 unspecified atom stereocenters. The second-order valence-corrected chi connectivity index (χ2v) is 8.28. The van der Waals surface area contributed by atoms with E-state index in [0.29, 0.717) is 5.75 Å². The molecule has 3 nitrogen and oxygen atoms in total. The molecule has 4 heteroatoms. The molecule has 0 radical (unpaired) electrons. The predicted octanol–water partition coefficient (Wildman–Crippen LogP) is 6.15. The van der Waals surface area contributed by atoms with Gasteiger partial charge in [0, 0.05) is 18.8 Å². The summed E-state index contributed by atoms with van der Waals surface area (Å²) in [7, 11) is 1.44. The van der Waals surface area contributed by atoms with Crippen molar-refractivity contribution in [3.63, 3.8) is 0 Å². The van der Waals surface area contributed by atoms with Gasteiger partial charge in [0.15, 0.2) is 0 Å². The highest BCUT2D eigenvalue weighted by molar-refractivity contribution is 7.80. The number of rotatable bonds is 13. The molecule has 0 aliphatic rings. The number of hydrogen-bond acceptors (Lipinski definition) is 4. The van der Waals surface area contributed by atoms with Gasteiger partial charge in [0.25, 0.3) is 0 Å². The van der Waals surface area contributed by atoms with Crippen molar-refractivity contribution in [3.8, 4) is 0 Å². The summed E-state index contributed by atoms with van der Waals surface area (Å²) in [6.45, 7) is 14.3. The number of carbonyl (C=O) groups is 1. The van der Waals surface area contributed by atoms with Crippen molar-refractivity contribution in [2.75, 3.05) is 26.0 Å². The van der Waals surface area contributed by atoms with Crippen LogP contribution in [0, 0.1) is 0 Å². The van der Waals surface area contributed by atoms with Gasteiger partial charge < -0.3 is 4.74 Å². The van der Waals surface area contributed by atoms with Crippen LogP contribution in [-0.4, -0.2) is 42.9 Å². The average Bonchev–Trinajstić information content (AvgIpc) is 2.62. The zero-order chi connectivity index (χ0) is 21.5. The SMILES string of the molecule is COC(=O)C(CS)N(C/C=C(\C)CCC=C(C)C)C/C=C(\C)CCC=C(C)C. The largest absolute Gasteiger partial charge is 0.468 e. The first-order valence-electron chi connectivity index (χ1n) is 10.2. The Morgan fingerprint density at radius 3 is 1.61 bits per heavy atom. The lowest BCUT2D eigenvalue weighted by Gasteiger charge is -2.27. The van der Waals surface area contributed by atoms with E-state index in [1.807, 2.05) is 0 Å². The van der Waals surface area contributed by atoms with E-state index in [2.05, 4.69) is 83.4 Å². The van der Waals surface area contributed by atoms with Gasteiger partial charge in [0.2, 0.25) is 0 Å². The maximum atomic E-state index is 12.2. The van der Waals surface area contributed by atoms with Crippen molar-refractivity contribution in [1.29, 1.82) is 0 Å². The minimum absolute atomic E-state index is 0.221. The van der Waals surface area contributed by atoms with E-state index < -0.39 is 0 Å². The third-order valence-corrected chi connectivity index (χ3v) is 4.96. The number of carbonyl (C=O) groups excluding carboxylic acids is 1. The van der Waals surface area contributed by atoms with Crippen LogP contribution in [0.4, 0.5) is 0 Å². The molecule has 0 heterocycles. The van der Waals surface area contributed by atoms with Gasteiger partial charge >= 0.3 is 5.97 Å². The van der Waals surface area contributed by atoms with Crippen LogP contribution >= 0.6 is 12.6 Å². The van der Waals surface area contributed by atoms with E-state index in [1.54, 1.807) is 0 Å². The van der Waals surface area contributed by atoms with Crippen molar-refractivity contribution >= 4 is 18.6 Å². The molecule has 0 saturated carbocycles. The van der Waals surface area contributed by atoms with Crippen LogP contribution in [0.25, 0.3) is 0 Å². The van der Waals surface area contributed by atoms with Crippen LogP contribution < -0.4 is 0 Å². The van der Waals surface area contributed by atoms with Crippen LogP contribution in [0.15, 0.2) is 46.6 Å². The van der Waals surface area contributed by atoms with Crippen LogP contribution in [0.1, 0.15) is 67.2 Å². The molecule has 0 aromatic carbocycles. The lowest BCUT2D eigenvalue weighted by atomic mass is 10.1. The second-order valence-electron chi connectivity index (χ2n) is 7.92. The highest BCUT2D eigenvalue weighted by Crippen LogP contribution is 2.12. The molecular formula is C24H41NO2S. The van der Waals surface area contributed by atoms with E-state index in [4.69, 9.17) is 4.74 Å². The first kappa shape index (κ1) is 26.7. The molecule has 0 aliphatic carbocycles. The minimum Gasteiger partial charge on any atom is -0.468 e. The maximum absolute atomic E-state index is 12.2. The molecule has 1 atom stereocenters. The fourth-order valence-corrected chi connectivity index (χ4v) is 3.11. The molecule has 0 rings (SSSR count). The first-order chi connectivity index (χ1) is 13.2. The summed E-state index contributed by atoms with van der Waals surface area (Å²) >= 11 is 4.40. The standard InChI is InChI=1S/C24H41NO2S/c1-19(2)10-8-12-21(5)14-16-25(23(18-28)24(26)27-7)17-15-22(6)13-9-11-20(3)4/h10-11,14-15,23,28H,8-9,12-13,16-18H2,1-7H3/b21-14+,22-15+. The van der Waals surface area contributed by atoms with E-state index in [9.17, 15) is 4.79 Å². The van der Waals surface area contributed by atoms with Gasteiger partial charge in [0.1, 0.15) is 6.04 Å². The Hall–Kier alpha value is -1.26. The molecule has 28 heavy (non-hydrogen) atoms. The molecule has 0 aliphatic heterocycles. The maximum Gasteiger partial charge on any atom is 0.323 e. The Kier molecular flexibility index (Phi) is 14.9. The Morgan fingerprint density at radius 2 is 1.29 bits per heavy atom. The Bertz CT molecular complexity index is 539. The smallest absolute Gasteiger partial charge is 0.323 e. The average molecular weight is 408 g/mol. The molecule has 0 saturated heterocycles. The van der Waals surface area contributed by atoms with E-state index in [1.165, 1.54) is 29.4 Å². The number of nitrogens with zero attached hydrogens (tertiary/aromatic N) is 1. The topological polar surface area (TPSA) is 29.5 Å². The molecular weight excluding hydrogens is 366 g/mol. The van der Waals surface area contributed by atoms with Crippen LogP contribution in [0.2, 0.25) is 0 Å². The Morgan fingerprint density at radius 1 is 0.857 bits per heavy atom.